The number of aryl methyl sites for hydroxylation is 3. The van der Waals surface area contributed by atoms with Crippen LogP contribution in [0.1, 0.15) is 67.7 Å². The van der Waals surface area contributed by atoms with Gasteiger partial charge in [0, 0.05) is 12.6 Å². The lowest BCUT2D eigenvalue weighted by molar-refractivity contribution is -0.143. The Morgan fingerprint density at radius 3 is 2.45 bits per heavy atom. The molecule has 1 N–H and O–H groups in total. The first-order valence-corrected chi connectivity index (χ1v) is 12.2. The summed E-state index contributed by atoms with van der Waals surface area (Å²) in [6.07, 6.45) is 6.12. The van der Waals surface area contributed by atoms with Crippen molar-refractivity contribution >= 4 is 11.8 Å². The van der Waals surface area contributed by atoms with Crippen molar-refractivity contribution in [2.24, 2.45) is 0 Å². The second-order valence-corrected chi connectivity index (χ2v) is 9.31. The minimum absolute atomic E-state index is 0.0587. The van der Waals surface area contributed by atoms with Crippen molar-refractivity contribution in [2.45, 2.75) is 84.8 Å². The molecule has 0 spiro atoms. The van der Waals surface area contributed by atoms with Gasteiger partial charge in [-0.1, -0.05) is 62.1 Å². The predicted octanol–water partition coefficient (Wildman–Crippen LogP) is 5.25. The highest BCUT2D eigenvalue weighted by Gasteiger charge is 2.30. The second-order valence-electron chi connectivity index (χ2n) is 9.31. The number of hydrogen-bond donors (Lipinski definition) is 1. The van der Waals surface area contributed by atoms with E-state index in [1.165, 1.54) is 12.0 Å². The van der Waals surface area contributed by atoms with Crippen LogP contribution in [0, 0.1) is 20.8 Å². The second kappa shape index (κ2) is 11.9. The summed E-state index contributed by atoms with van der Waals surface area (Å²) in [5, 5.41) is 3.22. The zero-order valence-electron chi connectivity index (χ0n) is 20.5. The van der Waals surface area contributed by atoms with Gasteiger partial charge in [-0.05, 0) is 68.9 Å². The lowest BCUT2D eigenvalue weighted by Gasteiger charge is -2.32. The normalized spacial score (nSPS) is 15.0. The molecule has 0 unspecified atom stereocenters. The molecule has 2 aromatic rings. The average Bonchev–Trinajstić information content (AvgIpc) is 2.80. The number of amides is 2. The molecule has 5 nitrogen and oxygen atoms in total. The van der Waals surface area contributed by atoms with E-state index < -0.39 is 6.04 Å². The molecule has 3 rings (SSSR count). The summed E-state index contributed by atoms with van der Waals surface area (Å²) >= 11 is 0. The van der Waals surface area contributed by atoms with Crippen molar-refractivity contribution in [1.82, 2.24) is 10.2 Å². The number of carbonyl (C=O) groups excluding carboxylic acids is 2. The molecule has 178 valence electrons. The SMILES string of the molecule is CC[C@H](C(=O)NC1CCCCC1)N(Cc1cccc(C)c1)C(=O)COc1ccc(C)c(C)c1. The van der Waals surface area contributed by atoms with Gasteiger partial charge in [-0.2, -0.15) is 0 Å². The van der Waals surface area contributed by atoms with Crippen LogP contribution in [0.2, 0.25) is 0 Å². The summed E-state index contributed by atoms with van der Waals surface area (Å²) < 4.78 is 5.85. The van der Waals surface area contributed by atoms with E-state index in [9.17, 15) is 9.59 Å². The minimum Gasteiger partial charge on any atom is -0.484 e. The molecular weight excluding hydrogens is 412 g/mol. The molecule has 2 aromatic carbocycles. The summed E-state index contributed by atoms with van der Waals surface area (Å²) in [5.41, 5.74) is 4.44. The van der Waals surface area contributed by atoms with Gasteiger partial charge in [0.1, 0.15) is 11.8 Å². The Bertz CT molecular complexity index is 950. The maximum atomic E-state index is 13.4. The third kappa shape index (κ3) is 7.08. The van der Waals surface area contributed by atoms with Crippen LogP contribution in [0.25, 0.3) is 0 Å². The smallest absolute Gasteiger partial charge is 0.261 e. The van der Waals surface area contributed by atoms with Gasteiger partial charge in [0.2, 0.25) is 5.91 Å². The van der Waals surface area contributed by atoms with E-state index in [0.29, 0.717) is 18.7 Å². The molecule has 2 amide bonds. The Hall–Kier alpha value is -2.82. The van der Waals surface area contributed by atoms with Crippen LogP contribution in [-0.4, -0.2) is 35.4 Å². The fourth-order valence-electron chi connectivity index (χ4n) is 4.50. The molecule has 1 atom stereocenters. The Kier molecular flexibility index (Phi) is 8.93. The molecule has 1 aliphatic carbocycles. The van der Waals surface area contributed by atoms with Crippen LogP contribution in [-0.2, 0) is 16.1 Å². The zero-order valence-corrected chi connectivity index (χ0v) is 20.5. The van der Waals surface area contributed by atoms with Crippen LogP contribution in [0.15, 0.2) is 42.5 Å². The van der Waals surface area contributed by atoms with Gasteiger partial charge in [-0.25, -0.2) is 0 Å². The highest BCUT2D eigenvalue weighted by atomic mass is 16.5. The Balaban J connectivity index is 1.76. The lowest BCUT2D eigenvalue weighted by atomic mass is 9.95. The van der Waals surface area contributed by atoms with E-state index in [0.717, 1.165) is 42.4 Å². The van der Waals surface area contributed by atoms with Crippen molar-refractivity contribution in [3.05, 3.63) is 64.7 Å². The van der Waals surface area contributed by atoms with E-state index >= 15 is 0 Å². The highest BCUT2D eigenvalue weighted by molar-refractivity contribution is 5.88. The fourth-order valence-corrected chi connectivity index (χ4v) is 4.50. The Morgan fingerprint density at radius 1 is 1.03 bits per heavy atom. The topological polar surface area (TPSA) is 58.6 Å². The maximum Gasteiger partial charge on any atom is 0.261 e. The van der Waals surface area contributed by atoms with Gasteiger partial charge in [-0.3, -0.25) is 9.59 Å². The predicted molar refractivity (Wildman–Crippen MR) is 132 cm³/mol. The van der Waals surface area contributed by atoms with Crippen LogP contribution in [0.5, 0.6) is 5.75 Å². The van der Waals surface area contributed by atoms with Crippen LogP contribution in [0.4, 0.5) is 0 Å². The van der Waals surface area contributed by atoms with Crippen LogP contribution < -0.4 is 10.1 Å². The Morgan fingerprint density at radius 2 is 1.79 bits per heavy atom. The third-order valence-corrected chi connectivity index (χ3v) is 6.61. The molecule has 1 fully saturated rings. The molecule has 0 aliphatic heterocycles. The van der Waals surface area contributed by atoms with Gasteiger partial charge >= 0.3 is 0 Å². The van der Waals surface area contributed by atoms with Gasteiger partial charge in [0.05, 0.1) is 0 Å². The molecule has 0 bridgehead atoms. The highest BCUT2D eigenvalue weighted by Crippen LogP contribution is 2.20. The van der Waals surface area contributed by atoms with Crippen molar-refractivity contribution < 1.29 is 14.3 Å². The first kappa shape index (κ1) is 24.8. The molecule has 33 heavy (non-hydrogen) atoms. The standard InChI is InChI=1S/C28H38N2O3/c1-5-26(28(32)29-24-12-7-6-8-13-24)30(18-23-11-9-10-20(2)16-23)27(31)19-33-25-15-14-21(3)22(4)17-25/h9-11,14-17,24,26H,5-8,12-13,18-19H2,1-4H3,(H,29,32)/t26-/m1/s1. The molecule has 0 saturated heterocycles. The summed E-state index contributed by atoms with van der Waals surface area (Å²) in [6.45, 7) is 8.35. The van der Waals surface area contributed by atoms with Crippen molar-refractivity contribution in [3.63, 3.8) is 0 Å². The van der Waals surface area contributed by atoms with Crippen LogP contribution in [0.3, 0.4) is 0 Å². The number of nitrogens with one attached hydrogen (secondary N) is 1. The first-order chi connectivity index (χ1) is 15.9. The average molecular weight is 451 g/mol. The van der Waals surface area contributed by atoms with Crippen molar-refractivity contribution in [3.8, 4) is 5.75 Å². The molecule has 0 heterocycles. The number of nitrogens with zero attached hydrogens (tertiary/aromatic N) is 1. The Labute approximate surface area is 198 Å². The van der Waals surface area contributed by atoms with Crippen molar-refractivity contribution in [1.29, 1.82) is 0 Å². The molecule has 5 heteroatoms. The van der Waals surface area contributed by atoms with Gasteiger partial charge in [0.15, 0.2) is 6.61 Å². The summed E-state index contributed by atoms with van der Waals surface area (Å²) in [6, 6.07) is 13.6. The summed E-state index contributed by atoms with van der Waals surface area (Å²) in [4.78, 5) is 28.3. The van der Waals surface area contributed by atoms with Gasteiger partial charge in [0.25, 0.3) is 5.91 Å². The summed E-state index contributed by atoms with van der Waals surface area (Å²) in [7, 11) is 0. The largest absolute Gasteiger partial charge is 0.484 e. The van der Waals surface area contributed by atoms with E-state index in [1.54, 1.807) is 4.90 Å². The van der Waals surface area contributed by atoms with E-state index in [4.69, 9.17) is 4.74 Å². The number of carbonyl (C=O) groups is 2. The van der Waals surface area contributed by atoms with Gasteiger partial charge < -0.3 is 15.0 Å². The number of rotatable bonds is 9. The zero-order chi connectivity index (χ0) is 23.8. The monoisotopic (exact) mass is 450 g/mol. The third-order valence-electron chi connectivity index (χ3n) is 6.61. The fraction of sp³-hybridized carbons (Fsp3) is 0.500. The maximum absolute atomic E-state index is 13.4. The van der Waals surface area contributed by atoms with E-state index in [2.05, 4.69) is 11.4 Å². The number of hydrogen-bond acceptors (Lipinski definition) is 3. The van der Waals surface area contributed by atoms with Gasteiger partial charge in [-0.15, -0.1) is 0 Å². The quantitative estimate of drug-likeness (QED) is 0.568. The van der Waals surface area contributed by atoms with Crippen LogP contribution >= 0.6 is 0 Å². The molecule has 1 aliphatic rings. The number of benzene rings is 2. The summed E-state index contributed by atoms with van der Waals surface area (Å²) in [5.74, 6) is 0.429. The lowest BCUT2D eigenvalue weighted by Crippen LogP contribution is -2.52. The first-order valence-electron chi connectivity index (χ1n) is 12.2. The molecule has 0 radical (unpaired) electrons. The minimum atomic E-state index is -0.525. The molecule has 0 aromatic heterocycles. The molecular formula is C28H38N2O3. The van der Waals surface area contributed by atoms with E-state index in [1.807, 2.05) is 64.1 Å². The van der Waals surface area contributed by atoms with Crippen molar-refractivity contribution in [2.75, 3.05) is 6.61 Å². The molecule has 1 saturated carbocycles. The van der Waals surface area contributed by atoms with E-state index in [-0.39, 0.29) is 24.5 Å². The number of ether oxygens (including phenoxy) is 1.